The molecule has 0 unspecified atom stereocenters. The minimum absolute atomic E-state index is 0.555. The average molecular weight is 341 g/mol. The summed E-state index contributed by atoms with van der Waals surface area (Å²) in [5, 5.41) is 14.8. The van der Waals surface area contributed by atoms with E-state index in [1.807, 2.05) is 24.3 Å². The molecule has 0 amide bonds. The molecule has 6 heteroatoms. The smallest absolute Gasteiger partial charge is 0.315 e. The van der Waals surface area contributed by atoms with Gasteiger partial charge in [0, 0.05) is 9.85 Å². The van der Waals surface area contributed by atoms with E-state index in [4.69, 9.17) is 0 Å². The van der Waals surface area contributed by atoms with E-state index >= 15 is 0 Å². The Morgan fingerprint density at radius 2 is 2.11 bits per heavy atom. The highest BCUT2D eigenvalue weighted by Crippen LogP contribution is 2.31. The van der Waals surface area contributed by atoms with E-state index in [0.717, 1.165) is 10.2 Å². The second-order valence-corrected chi connectivity index (χ2v) is 6.29. The van der Waals surface area contributed by atoms with Gasteiger partial charge < -0.3 is 10.4 Å². The summed E-state index contributed by atoms with van der Waals surface area (Å²) in [7, 11) is 0. The summed E-state index contributed by atoms with van der Waals surface area (Å²) >= 11 is 4.83. The molecule has 0 fully saturated rings. The average Bonchev–Trinajstić information content (AvgIpc) is 2.81. The summed E-state index contributed by atoms with van der Waals surface area (Å²) in [5.41, 5.74) is 0.473. The van der Waals surface area contributed by atoms with Gasteiger partial charge in [0.05, 0.1) is 11.4 Å². The molecule has 0 aliphatic carbocycles. The van der Waals surface area contributed by atoms with Crippen molar-refractivity contribution in [3.05, 3.63) is 39.8 Å². The van der Waals surface area contributed by atoms with Crippen LogP contribution in [0, 0.1) is 0 Å². The summed E-state index contributed by atoms with van der Waals surface area (Å²) in [6.07, 6.45) is 0. The third-order valence-corrected chi connectivity index (χ3v) is 4.24. The number of benzene rings is 1. The molecule has 0 saturated heterocycles. The Labute approximate surface area is 123 Å². The number of carbonyl (C=O) groups is 1. The van der Waals surface area contributed by atoms with Crippen molar-refractivity contribution in [3.63, 3.8) is 0 Å². The predicted molar refractivity (Wildman–Crippen MR) is 80.2 cm³/mol. The SMILES string of the molecule is CC(C)(C(=O)O)c1csc(Nc2ccccc2Br)n1. The largest absolute Gasteiger partial charge is 0.481 e. The number of hydrogen-bond acceptors (Lipinski definition) is 4. The molecule has 0 atom stereocenters. The number of halogens is 1. The van der Waals surface area contributed by atoms with Crippen molar-refractivity contribution in [2.45, 2.75) is 19.3 Å². The molecule has 0 radical (unpaired) electrons. The minimum Gasteiger partial charge on any atom is -0.481 e. The van der Waals surface area contributed by atoms with Gasteiger partial charge in [-0.1, -0.05) is 12.1 Å². The zero-order chi connectivity index (χ0) is 14.0. The number of hydrogen-bond donors (Lipinski definition) is 2. The van der Waals surface area contributed by atoms with Crippen LogP contribution in [0.4, 0.5) is 10.8 Å². The van der Waals surface area contributed by atoms with Crippen molar-refractivity contribution in [1.29, 1.82) is 0 Å². The van der Waals surface area contributed by atoms with E-state index in [9.17, 15) is 9.90 Å². The number of carboxylic acid groups (broad SMARTS) is 1. The summed E-state index contributed by atoms with van der Waals surface area (Å²) in [4.78, 5) is 15.5. The summed E-state index contributed by atoms with van der Waals surface area (Å²) in [6, 6.07) is 7.70. The van der Waals surface area contributed by atoms with E-state index < -0.39 is 11.4 Å². The van der Waals surface area contributed by atoms with E-state index in [0.29, 0.717) is 10.8 Å². The third-order valence-electron chi connectivity index (χ3n) is 2.79. The lowest BCUT2D eigenvalue weighted by Gasteiger charge is -2.15. The molecule has 0 spiro atoms. The third kappa shape index (κ3) is 2.96. The van der Waals surface area contributed by atoms with Crippen LogP contribution in [0.5, 0.6) is 0 Å². The summed E-state index contributed by atoms with van der Waals surface area (Å²) in [6.45, 7) is 3.29. The molecule has 19 heavy (non-hydrogen) atoms. The highest BCUT2D eigenvalue weighted by Gasteiger charge is 2.32. The van der Waals surface area contributed by atoms with Gasteiger partial charge in [0.15, 0.2) is 5.13 Å². The molecule has 2 aromatic rings. The van der Waals surface area contributed by atoms with Gasteiger partial charge in [-0.05, 0) is 41.9 Å². The molecule has 2 rings (SSSR count). The molecule has 0 aliphatic rings. The molecule has 1 aromatic heterocycles. The van der Waals surface area contributed by atoms with Crippen LogP contribution < -0.4 is 5.32 Å². The number of carboxylic acids is 1. The van der Waals surface area contributed by atoms with Gasteiger partial charge in [0.25, 0.3) is 0 Å². The van der Waals surface area contributed by atoms with E-state index in [1.54, 1.807) is 19.2 Å². The van der Waals surface area contributed by atoms with Crippen LogP contribution >= 0.6 is 27.3 Å². The summed E-state index contributed by atoms with van der Waals surface area (Å²) in [5.74, 6) is -0.884. The number of rotatable bonds is 4. The quantitative estimate of drug-likeness (QED) is 0.882. The van der Waals surface area contributed by atoms with Gasteiger partial charge >= 0.3 is 5.97 Å². The Balaban J connectivity index is 2.23. The van der Waals surface area contributed by atoms with Crippen LogP contribution in [0.15, 0.2) is 34.1 Å². The molecule has 1 heterocycles. The first-order valence-electron chi connectivity index (χ1n) is 5.62. The molecule has 0 aliphatic heterocycles. The van der Waals surface area contributed by atoms with Crippen molar-refractivity contribution in [3.8, 4) is 0 Å². The van der Waals surface area contributed by atoms with Gasteiger partial charge in [-0.25, -0.2) is 4.98 Å². The van der Waals surface area contributed by atoms with Crippen LogP contribution in [-0.2, 0) is 10.2 Å². The molecular weight excluding hydrogens is 328 g/mol. The maximum absolute atomic E-state index is 11.2. The number of nitrogens with zero attached hydrogens (tertiary/aromatic N) is 1. The number of thiazole rings is 1. The van der Waals surface area contributed by atoms with Gasteiger partial charge in [-0.2, -0.15) is 0 Å². The lowest BCUT2D eigenvalue weighted by Crippen LogP contribution is -2.28. The molecule has 0 bridgehead atoms. The summed E-state index contributed by atoms with van der Waals surface area (Å²) < 4.78 is 0.934. The van der Waals surface area contributed by atoms with Crippen LogP contribution in [0.2, 0.25) is 0 Å². The normalized spacial score (nSPS) is 11.3. The molecular formula is C13H13BrN2O2S. The van der Waals surface area contributed by atoms with Crippen molar-refractivity contribution in [2.24, 2.45) is 0 Å². The fourth-order valence-electron chi connectivity index (χ4n) is 1.41. The van der Waals surface area contributed by atoms with Gasteiger partial charge in [-0.15, -0.1) is 11.3 Å². The van der Waals surface area contributed by atoms with Crippen LogP contribution in [0.3, 0.4) is 0 Å². The van der Waals surface area contributed by atoms with Crippen LogP contribution in [-0.4, -0.2) is 16.1 Å². The van der Waals surface area contributed by atoms with Crippen molar-refractivity contribution in [1.82, 2.24) is 4.98 Å². The molecule has 0 saturated carbocycles. The highest BCUT2D eigenvalue weighted by atomic mass is 79.9. The van der Waals surface area contributed by atoms with Crippen molar-refractivity contribution in [2.75, 3.05) is 5.32 Å². The lowest BCUT2D eigenvalue weighted by molar-refractivity contribution is -0.142. The number of nitrogens with one attached hydrogen (secondary N) is 1. The van der Waals surface area contributed by atoms with Gasteiger partial charge in [0.2, 0.25) is 0 Å². The number of aromatic nitrogens is 1. The molecule has 1 aromatic carbocycles. The second kappa shape index (κ2) is 5.30. The van der Waals surface area contributed by atoms with Crippen molar-refractivity contribution >= 4 is 44.1 Å². The fraction of sp³-hybridized carbons (Fsp3) is 0.231. The molecule has 2 N–H and O–H groups in total. The minimum atomic E-state index is -0.982. The maximum atomic E-state index is 11.2. The monoisotopic (exact) mass is 340 g/mol. The second-order valence-electron chi connectivity index (χ2n) is 4.57. The number of anilines is 2. The lowest BCUT2D eigenvalue weighted by atomic mass is 9.90. The Morgan fingerprint density at radius 3 is 2.74 bits per heavy atom. The molecule has 4 nitrogen and oxygen atoms in total. The van der Waals surface area contributed by atoms with Gasteiger partial charge in [-0.3, -0.25) is 4.79 Å². The van der Waals surface area contributed by atoms with E-state index in [-0.39, 0.29) is 0 Å². The zero-order valence-electron chi connectivity index (χ0n) is 10.5. The first kappa shape index (κ1) is 14.0. The molecule has 100 valence electrons. The predicted octanol–water partition coefficient (Wildman–Crippen LogP) is 4.01. The number of para-hydroxylation sites is 1. The van der Waals surface area contributed by atoms with Crippen molar-refractivity contribution < 1.29 is 9.90 Å². The standard InChI is InChI=1S/C13H13BrN2O2S/c1-13(2,11(17)18)10-7-19-12(16-10)15-9-6-4-3-5-8(9)14/h3-7H,1-2H3,(H,15,16)(H,17,18). The van der Waals surface area contributed by atoms with E-state index in [2.05, 4.69) is 26.2 Å². The zero-order valence-corrected chi connectivity index (χ0v) is 12.9. The Hall–Kier alpha value is -1.40. The Morgan fingerprint density at radius 1 is 1.42 bits per heavy atom. The van der Waals surface area contributed by atoms with Crippen LogP contribution in [0.25, 0.3) is 0 Å². The maximum Gasteiger partial charge on any atom is 0.315 e. The fourth-order valence-corrected chi connectivity index (χ4v) is 2.68. The highest BCUT2D eigenvalue weighted by molar-refractivity contribution is 9.10. The Kier molecular flexibility index (Phi) is 3.91. The van der Waals surface area contributed by atoms with E-state index in [1.165, 1.54) is 11.3 Å². The first-order chi connectivity index (χ1) is 8.91. The Bertz CT molecular complexity index is 610. The topological polar surface area (TPSA) is 62.2 Å². The van der Waals surface area contributed by atoms with Gasteiger partial charge in [0.1, 0.15) is 5.41 Å². The number of aliphatic carboxylic acids is 1. The first-order valence-corrected chi connectivity index (χ1v) is 7.29. The van der Waals surface area contributed by atoms with Crippen LogP contribution in [0.1, 0.15) is 19.5 Å².